The van der Waals surface area contributed by atoms with Crippen molar-refractivity contribution in [3.8, 4) is 0 Å². The number of hydrogen-bond donors (Lipinski definition) is 0. The number of unbranched alkanes of at least 4 members (excludes halogenated alkanes) is 1. The van der Waals surface area contributed by atoms with Crippen molar-refractivity contribution in [1.29, 1.82) is 0 Å². The fourth-order valence-corrected chi connectivity index (χ4v) is 8.30. The number of rotatable bonds is 9. The molecule has 0 saturated heterocycles. The van der Waals surface area contributed by atoms with Gasteiger partial charge in [-0.15, -0.1) is 0 Å². The predicted molar refractivity (Wildman–Crippen MR) is 149 cm³/mol. The zero-order valence-corrected chi connectivity index (χ0v) is 23.2. The molecule has 0 bridgehead atoms. The molecule has 2 unspecified atom stereocenters. The van der Waals surface area contributed by atoms with Crippen molar-refractivity contribution in [3.63, 3.8) is 0 Å². The normalized spacial score (nSPS) is 34.5. The molecular weight excluding hydrogens is 408 g/mol. The quantitative estimate of drug-likeness (QED) is 0.341. The molecular formula is C34H56. The average Bonchev–Trinajstić information content (AvgIpc) is 2.91. The monoisotopic (exact) mass is 464 g/mol. The zero-order valence-electron chi connectivity index (χ0n) is 23.2. The van der Waals surface area contributed by atoms with E-state index in [1.54, 1.807) is 11.1 Å². The smallest absolute Gasteiger partial charge is 0.0162 e. The van der Waals surface area contributed by atoms with Crippen LogP contribution >= 0.6 is 0 Å². The Hall–Kier alpha value is -0.780. The zero-order chi connectivity index (χ0) is 23.9. The molecule has 1 aromatic carbocycles. The Kier molecular flexibility index (Phi) is 10.0. The van der Waals surface area contributed by atoms with Gasteiger partial charge in [-0.05, 0) is 123 Å². The molecule has 0 heterocycles. The van der Waals surface area contributed by atoms with Crippen molar-refractivity contribution in [3.05, 3.63) is 35.4 Å². The highest BCUT2D eigenvalue weighted by Gasteiger charge is 2.33. The summed E-state index contributed by atoms with van der Waals surface area (Å²) in [5, 5.41) is 0. The van der Waals surface area contributed by atoms with Crippen LogP contribution in [0, 0.1) is 35.5 Å². The van der Waals surface area contributed by atoms with E-state index < -0.39 is 0 Å². The lowest BCUT2D eigenvalue weighted by molar-refractivity contribution is 0.119. The minimum Gasteiger partial charge on any atom is -0.0654 e. The van der Waals surface area contributed by atoms with Crippen LogP contribution in [-0.2, 0) is 0 Å². The summed E-state index contributed by atoms with van der Waals surface area (Å²) >= 11 is 0. The maximum absolute atomic E-state index is 2.61. The minimum absolute atomic E-state index is 0.732. The van der Waals surface area contributed by atoms with Gasteiger partial charge in [-0.3, -0.25) is 0 Å². The first-order valence-corrected chi connectivity index (χ1v) is 15.7. The molecule has 3 fully saturated rings. The first-order chi connectivity index (χ1) is 16.6. The Morgan fingerprint density at radius 2 is 1.18 bits per heavy atom. The lowest BCUT2D eigenvalue weighted by atomic mass is 9.65. The molecule has 0 spiro atoms. The maximum Gasteiger partial charge on any atom is -0.0162 e. The van der Waals surface area contributed by atoms with Crippen LogP contribution in [0.1, 0.15) is 153 Å². The van der Waals surface area contributed by atoms with Crippen LogP contribution in [0.3, 0.4) is 0 Å². The Bertz CT molecular complexity index is 677. The van der Waals surface area contributed by atoms with Gasteiger partial charge in [-0.25, -0.2) is 0 Å². The maximum atomic E-state index is 2.61. The summed E-state index contributed by atoms with van der Waals surface area (Å²) in [5.41, 5.74) is 3.23. The Balaban J connectivity index is 1.22. The SMILES string of the molecule is CCCCC1CCC(c2ccc(C(C)C3CCC(C(C)C4CCC(CC)CC4)CC3)cc2)CC1. The molecule has 2 atom stereocenters. The van der Waals surface area contributed by atoms with Crippen molar-refractivity contribution in [2.24, 2.45) is 35.5 Å². The number of hydrogen-bond acceptors (Lipinski definition) is 0. The summed E-state index contributed by atoms with van der Waals surface area (Å²) in [5.74, 6) is 7.50. The largest absolute Gasteiger partial charge is 0.0654 e. The van der Waals surface area contributed by atoms with Crippen LogP contribution in [0.2, 0.25) is 0 Å². The molecule has 0 radical (unpaired) electrons. The van der Waals surface area contributed by atoms with Gasteiger partial charge in [0.2, 0.25) is 0 Å². The van der Waals surface area contributed by atoms with Gasteiger partial charge in [-0.1, -0.05) is 90.5 Å². The van der Waals surface area contributed by atoms with E-state index in [2.05, 4.69) is 52.0 Å². The molecule has 34 heavy (non-hydrogen) atoms. The molecule has 1 aromatic rings. The second-order valence-electron chi connectivity index (χ2n) is 13.0. The summed E-state index contributed by atoms with van der Waals surface area (Å²) in [7, 11) is 0. The van der Waals surface area contributed by atoms with E-state index in [1.807, 2.05) is 0 Å². The molecule has 3 saturated carbocycles. The Labute approximate surface area is 213 Å². The second kappa shape index (κ2) is 13.0. The Morgan fingerprint density at radius 1 is 0.647 bits per heavy atom. The highest BCUT2D eigenvalue weighted by atomic mass is 14.4. The lowest BCUT2D eigenvalue weighted by Gasteiger charge is -2.40. The van der Waals surface area contributed by atoms with Crippen LogP contribution < -0.4 is 0 Å². The highest BCUT2D eigenvalue weighted by molar-refractivity contribution is 5.28. The van der Waals surface area contributed by atoms with E-state index in [0.717, 1.165) is 47.3 Å². The molecule has 0 aliphatic heterocycles. The first kappa shape index (κ1) is 26.3. The van der Waals surface area contributed by atoms with E-state index in [1.165, 1.54) is 103 Å². The third-order valence-electron chi connectivity index (χ3n) is 11.2. The predicted octanol–water partition coefficient (Wildman–Crippen LogP) is 10.9. The summed E-state index contributed by atoms with van der Waals surface area (Å²) in [6.45, 7) is 9.86. The van der Waals surface area contributed by atoms with Crippen LogP contribution in [0.15, 0.2) is 24.3 Å². The van der Waals surface area contributed by atoms with E-state index in [9.17, 15) is 0 Å². The molecule has 0 N–H and O–H groups in total. The van der Waals surface area contributed by atoms with Crippen molar-refractivity contribution < 1.29 is 0 Å². The second-order valence-corrected chi connectivity index (χ2v) is 13.0. The van der Waals surface area contributed by atoms with Gasteiger partial charge >= 0.3 is 0 Å². The fourth-order valence-electron chi connectivity index (χ4n) is 8.30. The van der Waals surface area contributed by atoms with Crippen molar-refractivity contribution >= 4 is 0 Å². The summed E-state index contributed by atoms with van der Waals surface area (Å²) in [4.78, 5) is 0. The van der Waals surface area contributed by atoms with Gasteiger partial charge in [0, 0.05) is 0 Å². The molecule has 0 aromatic heterocycles. The van der Waals surface area contributed by atoms with E-state index in [-0.39, 0.29) is 0 Å². The number of benzene rings is 1. The van der Waals surface area contributed by atoms with Crippen molar-refractivity contribution in [2.45, 2.75) is 142 Å². The topological polar surface area (TPSA) is 0 Å². The van der Waals surface area contributed by atoms with Gasteiger partial charge in [0.15, 0.2) is 0 Å². The third kappa shape index (κ3) is 6.70. The Morgan fingerprint density at radius 3 is 1.74 bits per heavy atom. The summed E-state index contributed by atoms with van der Waals surface area (Å²) < 4.78 is 0. The van der Waals surface area contributed by atoms with Crippen LogP contribution in [0.25, 0.3) is 0 Å². The van der Waals surface area contributed by atoms with Crippen LogP contribution in [0.5, 0.6) is 0 Å². The van der Waals surface area contributed by atoms with E-state index in [4.69, 9.17) is 0 Å². The van der Waals surface area contributed by atoms with Crippen LogP contribution in [0.4, 0.5) is 0 Å². The fraction of sp³-hybridized carbons (Fsp3) is 0.824. The lowest BCUT2D eigenvalue weighted by Crippen LogP contribution is -2.29. The first-order valence-electron chi connectivity index (χ1n) is 15.7. The summed E-state index contributed by atoms with van der Waals surface area (Å²) in [6.07, 6.45) is 23.4. The molecule has 3 aliphatic rings. The molecule has 192 valence electrons. The van der Waals surface area contributed by atoms with Crippen LogP contribution in [-0.4, -0.2) is 0 Å². The minimum atomic E-state index is 0.732. The highest BCUT2D eigenvalue weighted by Crippen LogP contribution is 2.45. The van der Waals surface area contributed by atoms with Crippen molar-refractivity contribution in [2.75, 3.05) is 0 Å². The third-order valence-corrected chi connectivity index (χ3v) is 11.2. The van der Waals surface area contributed by atoms with Crippen molar-refractivity contribution in [1.82, 2.24) is 0 Å². The molecule has 0 amide bonds. The van der Waals surface area contributed by atoms with E-state index >= 15 is 0 Å². The summed E-state index contributed by atoms with van der Waals surface area (Å²) in [6, 6.07) is 10.0. The van der Waals surface area contributed by atoms with Gasteiger partial charge < -0.3 is 0 Å². The molecule has 3 aliphatic carbocycles. The molecule has 4 rings (SSSR count). The van der Waals surface area contributed by atoms with Gasteiger partial charge in [0.05, 0.1) is 0 Å². The van der Waals surface area contributed by atoms with E-state index in [0.29, 0.717) is 0 Å². The standard InChI is InChI=1S/C34H56/c1-5-7-8-28-11-15-33(16-12-28)34-23-21-32(22-24-34)26(4)31-19-17-30(18-20-31)25(3)29-13-9-27(6-2)10-14-29/h21-31,33H,5-20H2,1-4H3. The molecule has 0 heteroatoms. The molecule has 0 nitrogen and oxygen atoms in total. The average molecular weight is 465 g/mol. The van der Waals surface area contributed by atoms with Gasteiger partial charge in [0.25, 0.3) is 0 Å². The van der Waals surface area contributed by atoms with Gasteiger partial charge in [-0.2, -0.15) is 0 Å². The van der Waals surface area contributed by atoms with Gasteiger partial charge in [0.1, 0.15) is 0 Å².